The van der Waals surface area contributed by atoms with Crippen molar-refractivity contribution in [1.29, 1.82) is 0 Å². The van der Waals surface area contributed by atoms with Gasteiger partial charge in [-0.15, -0.1) is 0 Å². The van der Waals surface area contributed by atoms with E-state index in [4.69, 9.17) is 0 Å². The van der Waals surface area contributed by atoms with Gasteiger partial charge in [-0.1, -0.05) is 26.0 Å². The third-order valence-electron chi connectivity index (χ3n) is 5.60. The van der Waals surface area contributed by atoms with Gasteiger partial charge in [0.15, 0.2) is 0 Å². The molecule has 0 bridgehead atoms. The van der Waals surface area contributed by atoms with Crippen LogP contribution in [0, 0.1) is 0 Å². The number of piperidine rings is 1. The molecule has 5 nitrogen and oxygen atoms in total. The summed E-state index contributed by atoms with van der Waals surface area (Å²) < 4.78 is 0. The zero-order chi connectivity index (χ0) is 19.9. The first kappa shape index (κ1) is 21.7. The molecule has 0 aromatic heterocycles. The maximum atomic E-state index is 12.3. The Morgan fingerprint density at radius 1 is 1.11 bits per heavy atom. The highest BCUT2D eigenvalue weighted by atomic mass is 16.2. The Balaban J connectivity index is 1.74. The van der Waals surface area contributed by atoms with Gasteiger partial charge in [-0.05, 0) is 70.8 Å². The first-order chi connectivity index (χ1) is 12.8. The Hall–Kier alpha value is -1.59. The van der Waals surface area contributed by atoms with Gasteiger partial charge in [-0.25, -0.2) is 4.79 Å². The topological polar surface area (TPSA) is 47.6 Å². The van der Waals surface area contributed by atoms with Crippen molar-refractivity contribution in [2.75, 3.05) is 38.0 Å². The van der Waals surface area contributed by atoms with E-state index >= 15 is 0 Å². The summed E-state index contributed by atoms with van der Waals surface area (Å²) >= 11 is 0. The number of benzene rings is 1. The molecule has 1 heterocycles. The van der Waals surface area contributed by atoms with Gasteiger partial charge in [0.05, 0.1) is 0 Å². The van der Waals surface area contributed by atoms with E-state index in [2.05, 4.69) is 67.2 Å². The van der Waals surface area contributed by atoms with Crippen LogP contribution in [0.2, 0.25) is 0 Å². The number of likely N-dealkylation sites (tertiary alicyclic amines) is 1. The van der Waals surface area contributed by atoms with Gasteiger partial charge in [-0.3, -0.25) is 4.90 Å². The van der Waals surface area contributed by atoms with Gasteiger partial charge in [0, 0.05) is 36.9 Å². The fourth-order valence-electron chi connectivity index (χ4n) is 3.63. The average Bonchev–Trinajstić information content (AvgIpc) is 2.63. The Morgan fingerprint density at radius 3 is 2.22 bits per heavy atom. The molecule has 0 radical (unpaired) electrons. The second-order valence-electron chi connectivity index (χ2n) is 8.50. The minimum absolute atomic E-state index is 0.0971. The van der Waals surface area contributed by atoms with Crippen LogP contribution < -0.4 is 10.6 Å². The number of hydrogen-bond acceptors (Lipinski definition) is 3. The summed E-state index contributed by atoms with van der Waals surface area (Å²) in [6.45, 7) is 16.5. The molecule has 27 heavy (non-hydrogen) atoms. The van der Waals surface area contributed by atoms with Crippen LogP contribution in [0.4, 0.5) is 10.5 Å². The molecule has 1 aliphatic heterocycles. The number of carbonyl (C=O) groups excluding carboxylic acids is 1. The summed E-state index contributed by atoms with van der Waals surface area (Å²) in [5, 5.41) is 6.10. The molecule has 152 valence electrons. The van der Waals surface area contributed by atoms with Crippen molar-refractivity contribution in [3.05, 3.63) is 29.8 Å². The monoisotopic (exact) mass is 374 g/mol. The van der Waals surface area contributed by atoms with Crippen LogP contribution in [0.3, 0.4) is 0 Å². The number of anilines is 1. The Morgan fingerprint density at radius 2 is 1.70 bits per heavy atom. The molecule has 0 saturated carbocycles. The van der Waals surface area contributed by atoms with Crippen molar-refractivity contribution >= 4 is 11.7 Å². The number of hydrogen-bond donors (Lipinski definition) is 2. The zero-order valence-corrected chi connectivity index (χ0v) is 17.8. The van der Waals surface area contributed by atoms with Gasteiger partial charge in [0.2, 0.25) is 0 Å². The molecule has 1 saturated heterocycles. The van der Waals surface area contributed by atoms with Gasteiger partial charge in [0.1, 0.15) is 0 Å². The van der Waals surface area contributed by atoms with Gasteiger partial charge >= 0.3 is 6.03 Å². The number of nitrogens with zero attached hydrogens (tertiary/aromatic N) is 2. The van der Waals surface area contributed by atoms with E-state index < -0.39 is 0 Å². The van der Waals surface area contributed by atoms with Gasteiger partial charge in [0.25, 0.3) is 0 Å². The number of nitrogens with one attached hydrogen (secondary N) is 2. The van der Waals surface area contributed by atoms with Crippen molar-refractivity contribution < 1.29 is 4.79 Å². The number of likely N-dealkylation sites (N-methyl/N-ethyl adjacent to an activating group) is 1. The Bertz CT molecular complexity index is 567. The fraction of sp³-hybridized carbons (Fsp3) is 0.682. The average molecular weight is 375 g/mol. The van der Waals surface area contributed by atoms with Crippen LogP contribution in [-0.2, 0) is 6.42 Å². The fourth-order valence-corrected chi connectivity index (χ4v) is 3.63. The number of carbonyl (C=O) groups is 1. The van der Waals surface area contributed by atoms with Crippen LogP contribution in [0.1, 0.15) is 53.0 Å². The predicted octanol–water partition coefficient (Wildman–Crippen LogP) is 3.96. The molecule has 1 aliphatic rings. The van der Waals surface area contributed by atoms with Crippen LogP contribution >= 0.6 is 0 Å². The highest BCUT2D eigenvalue weighted by Crippen LogP contribution is 2.20. The van der Waals surface area contributed by atoms with Crippen molar-refractivity contribution in [2.24, 2.45) is 0 Å². The van der Waals surface area contributed by atoms with Crippen molar-refractivity contribution in [2.45, 2.75) is 65.5 Å². The number of amides is 2. The van der Waals surface area contributed by atoms with Gasteiger partial charge in [-0.2, -0.15) is 0 Å². The SMILES string of the molecule is CCN(CC)CCc1ccc(NC(=O)NC2CCN(C(C)(C)C)CC2)cc1. The summed E-state index contributed by atoms with van der Waals surface area (Å²) in [5.74, 6) is 0. The standard InChI is InChI=1S/C22H38N4O/c1-6-25(7-2)15-12-18-8-10-19(11-9-18)23-21(27)24-20-13-16-26(17-14-20)22(3,4)5/h8-11,20H,6-7,12-17H2,1-5H3,(H2,23,24,27). The van der Waals surface area contributed by atoms with E-state index in [1.165, 1.54) is 5.56 Å². The van der Waals surface area contributed by atoms with Crippen molar-refractivity contribution in [3.8, 4) is 0 Å². The predicted molar refractivity (Wildman–Crippen MR) is 114 cm³/mol. The second kappa shape index (κ2) is 10.1. The second-order valence-corrected chi connectivity index (χ2v) is 8.50. The number of urea groups is 1. The molecule has 0 aliphatic carbocycles. The van der Waals surface area contributed by atoms with Crippen LogP contribution in [-0.4, -0.2) is 60.1 Å². The lowest BCUT2D eigenvalue weighted by molar-refractivity contribution is 0.0983. The normalized spacial score (nSPS) is 16.5. The highest BCUT2D eigenvalue weighted by Gasteiger charge is 2.27. The maximum absolute atomic E-state index is 12.3. The summed E-state index contributed by atoms with van der Waals surface area (Å²) in [6.07, 6.45) is 3.06. The van der Waals surface area contributed by atoms with E-state index in [0.717, 1.165) is 57.7 Å². The molecule has 1 fully saturated rings. The van der Waals surface area contributed by atoms with E-state index in [-0.39, 0.29) is 17.6 Å². The van der Waals surface area contributed by atoms with E-state index in [9.17, 15) is 4.79 Å². The molecular formula is C22H38N4O. The zero-order valence-electron chi connectivity index (χ0n) is 17.8. The molecule has 0 unspecified atom stereocenters. The minimum atomic E-state index is -0.0971. The molecule has 2 N–H and O–H groups in total. The molecule has 1 aromatic rings. The summed E-state index contributed by atoms with van der Waals surface area (Å²) in [6, 6.07) is 8.39. The largest absolute Gasteiger partial charge is 0.335 e. The van der Waals surface area contributed by atoms with Crippen LogP contribution in [0.25, 0.3) is 0 Å². The molecule has 0 atom stereocenters. The summed E-state index contributed by atoms with van der Waals surface area (Å²) in [7, 11) is 0. The quantitative estimate of drug-likeness (QED) is 0.759. The molecule has 5 heteroatoms. The minimum Gasteiger partial charge on any atom is -0.335 e. The molecule has 1 aromatic carbocycles. The van der Waals surface area contributed by atoms with E-state index in [1.807, 2.05) is 12.1 Å². The Labute approximate surface area is 165 Å². The number of rotatable bonds is 7. The smallest absolute Gasteiger partial charge is 0.319 e. The lowest BCUT2D eigenvalue weighted by atomic mass is 9.98. The van der Waals surface area contributed by atoms with E-state index in [1.54, 1.807) is 0 Å². The maximum Gasteiger partial charge on any atom is 0.319 e. The van der Waals surface area contributed by atoms with Crippen LogP contribution in [0.5, 0.6) is 0 Å². The molecule has 2 rings (SSSR count). The first-order valence-corrected chi connectivity index (χ1v) is 10.5. The molecule has 2 amide bonds. The third kappa shape index (κ3) is 7.15. The van der Waals surface area contributed by atoms with E-state index in [0.29, 0.717) is 0 Å². The van der Waals surface area contributed by atoms with Crippen molar-refractivity contribution in [3.63, 3.8) is 0 Å². The van der Waals surface area contributed by atoms with Gasteiger partial charge < -0.3 is 15.5 Å². The lowest BCUT2D eigenvalue weighted by Gasteiger charge is -2.41. The molecular weight excluding hydrogens is 336 g/mol. The summed E-state index contributed by atoms with van der Waals surface area (Å²) in [5.41, 5.74) is 2.37. The van der Waals surface area contributed by atoms with Crippen LogP contribution in [0.15, 0.2) is 24.3 Å². The summed E-state index contributed by atoms with van der Waals surface area (Å²) in [4.78, 5) is 17.2. The lowest BCUT2D eigenvalue weighted by Crippen LogP contribution is -2.51. The first-order valence-electron chi connectivity index (χ1n) is 10.5. The Kier molecular flexibility index (Phi) is 8.11. The van der Waals surface area contributed by atoms with Crippen molar-refractivity contribution in [1.82, 2.24) is 15.1 Å². The molecule has 0 spiro atoms. The highest BCUT2D eigenvalue weighted by molar-refractivity contribution is 5.89. The third-order valence-corrected chi connectivity index (χ3v) is 5.60.